The van der Waals surface area contributed by atoms with Crippen molar-refractivity contribution in [2.75, 3.05) is 5.32 Å². The molecular formula is C26H18N2O5. The summed E-state index contributed by atoms with van der Waals surface area (Å²) < 4.78 is 5.36. The topological polar surface area (TPSA) is 105 Å². The maximum atomic E-state index is 13.1. The second kappa shape index (κ2) is 7.87. The molecule has 1 aliphatic rings. The number of hydrogen-bond donors (Lipinski definition) is 2. The first-order valence-corrected chi connectivity index (χ1v) is 10.3. The molecule has 1 atom stereocenters. The van der Waals surface area contributed by atoms with Crippen LogP contribution in [-0.4, -0.2) is 34.5 Å². The molecule has 0 radical (unpaired) electrons. The smallest absolute Gasteiger partial charge is 0.341 e. The van der Waals surface area contributed by atoms with Gasteiger partial charge in [0, 0.05) is 33.8 Å². The predicted octanol–water partition coefficient (Wildman–Crippen LogP) is 4.13. The van der Waals surface area contributed by atoms with E-state index >= 15 is 0 Å². The second-order valence-electron chi connectivity index (χ2n) is 7.72. The van der Waals surface area contributed by atoms with Crippen molar-refractivity contribution in [3.05, 3.63) is 101 Å². The number of aromatic nitrogens is 1. The average molecular weight is 438 g/mol. The minimum absolute atomic E-state index is 0.129. The van der Waals surface area contributed by atoms with E-state index in [1.54, 1.807) is 54.6 Å². The van der Waals surface area contributed by atoms with Crippen molar-refractivity contribution in [1.82, 2.24) is 4.98 Å². The van der Waals surface area contributed by atoms with Gasteiger partial charge in [0.2, 0.25) is 0 Å². The monoisotopic (exact) mass is 438 g/mol. The summed E-state index contributed by atoms with van der Waals surface area (Å²) in [6.07, 6.45) is 0.399. The molecule has 0 saturated heterocycles. The molecule has 3 aromatic carbocycles. The Balaban J connectivity index is 1.38. The molecule has 1 unspecified atom stereocenters. The number of H-pyrrole nitrogens is 1. The van der Waals surface area contributed by atoms with Gasteiger partial charge in [-0.2, -0.15) is 0 Å². The minimum atomic E-state index is -1.14. The molecule has 2 N–H and O–H groups in total. The SMILES string of the molecule is CC(OC(=O)c1c[nH]c2ccccc12)C(=O)Nc1cccc2c1C(=O)c1ccccc1C2=O. The lowest BCUT2D eigenvalue weighted by Gasteiger charge is -2.21. The first-order valence-electron chi connectivity index (χ1n) is 10.3. The zero-order valence-electron chi connectivity index (χ0n) is 17.5. The summed E-state index contributed by atoms with van der Waals surface area (Å²) >= 11 is 0. The molecule has 0 bridgehead atoms. The summed E-state index contributed by atoms with van der Waals surface area (Å²) in [7, 11) is 0. The first-order chi connectivity index (χ1) is 16.0. The van der Waals surface area contributed by atoms with Gasteiger partial charge in [-0.25, -0.2) is 4.79 Å². The highest BCUT2D eigenvalue weighted by Gasteiger charge is 2.32. The number of amides is 1. The number of fused-ring (bicyclic) bond motifs is 3. The fourth-order valence-electron chi connectivity index (χ4n) is 4.00. The fraction of sp³-hybridized carbons (Fsp3) is 0.0769. The molecule has 4 aromatic rings. The fourth-order valence-corrected chi connectivity index (χ4v) is 4.00. The van der Waals surface area contributed by atoms with E-state index in [1.807, 2.05) is 12.1 Å². The lowest BCUT2D eigenvalue weighted by Crippen LogP contribution is -2.31. The van der Waals surface area contributed by atoms with Crippen molar-refractivity contribution in [2.24, 2.45) is 0 Å². The average Bonchev–Trinajstić information content (AvgIpc) is 3.27. The van der Waals surface area contributed by atoms with Gasteiger partial charge in [-0.05, 0) is 19.1 Å². The van der Waals surface area contributed by atoms with E-state index in [0.717, 1.165) is 5.52 Å². The molecule has 1 aliphatic carbocycles. The number of para-hydroxylation sites is 1. The van der Waals surface area contributed by atoms with Crippen molar-refractivity contribution in [3.63, 3.8) is 0 Å². The summed E-state index contributed by atoms with van der Waals surface area (Å²) in [5, 5.41) is 3.33. The second-order valence-corrected chi connectivity index (χ2v) is 7.72. The number of ketones is 2. The Hall–Kier alpha value is -4.52. The van der Waals surface area contributed by atoms with E-state index in [4.69, 9.17) is 4.74 Å². The number of carbonyl (C=O) groups excluding carboxylic acids is 4. The molecule has 7 heteroatoms. The molecule has 0 spiro atoms. The van der Waals surface area contributed by atoms with Crippen LogP contribution in [0.15, 0.2) is 72.9 Å². The number of esters is 1. The summed E-state index contributed by atoms with van der Waals surface area (Å²) in [6, 6.07) is 18.5. The molecular weight excluding hydrogens is 420 g/mol. The zero-order chi connectivity index (χ0) is 23.1. The number of aromatic amines is 1. The Kier molecular flexibility index (Phi) is 4.86. The number of rotatable bonds is 4. The summed E-state index contributed by atoms with van der Waals surface area (Å²) in [4.78, 5) is 54.4. The van der Waals surface area contributed by atoms with Gasteiger partial charge < -0.3 is 15.0 Å². The maximum Gasteiger partial charge on any atom is 0.341 e. The number of anilines is 1. The van der Waals surface area contributed by atoms with Crippen molar-refractivity contribution < 1.29 is 23.9 Å². The van der Waals surface area contributed by atoms with E-state index in [1.165, 1.54) is 13.1 Å². The van der Waals surface area contributed by atoms with E-state index in [2.05, 4.69) is 10.3 Å². The van der Waals surface area contributed by atoms with Crippen LogP contribution in [0.5, 0.6) is 0 Å². The summed E-state index contributed by atoms with van der Waals surface area (Å²) in [6.45, 7) is 1.44. The third-order valence-electron chi connectivity index (χ3n) is 5.67. The van der Waals surface area contributed by atoms with Crippen LogP contribution in [0, 0.1) is 0 Å². The standard InChI is InChI=1S/C26H18N2O5/c1-14(33-26(32)19-13-27-20-11-5-4-7-15(19)20)25(31)28-21-12-6-10-18-22(21)24(30)17-9-3-2-8-16(17)23(18)29/h2-14,27H,1H3,(H,28,31). The molecule has 1 aromatic heterocycles. The third kappa shape index (κ3) is 3.40. The third-order valence-corrected chi connectivity index (χ3v) is 5.67. The number of carbonyl (C=O) groups is 4. The molecule has 5 rings (SSSR count). The van der Waals surface area contributed by atoms with Crippen LogP contribution < -0.4 is 5.32 Å². The molecule has 33 heavy (non-hydrogen) atoms. The maximum absolute atomic E-state index is 13.1. The highest BCUT2D eigenvalue weighted by molar-refractivity contribution is 6.30. The highest BCUT2D eigenvalue weighted by atomic mass is 16.5. The van der Waals surface area contributed by atoms with E-state index in [9.17, 15) is 19.2 Å². The Morgan fingerprint density at radius 1 is 0.848 bits per heavy atom. The van der Waals surface area contributed by atoms with Gasteiger partial charge in [-0.15, -0.1) is 0 Å². The normalized spacial score (nSPS) is 13.2. The molecule has 162 valence electrons. The molecule has 1 amide bonds. The minimum Gasteiger partial charge on any atom is -0.449 e. The predicted molar refractivity (Wildman–Crippen MR) is 122 cm³/mol. The van der Waals surface area contributed by atoms with Crippen molar-refractivity contribution >= 4 is 40.0 Å². The first kappa shape index (κ1) is 20.4. The van der Waals surface area contributed by atoms with Crippen molar-refractivity contribution in [2.45, 2.75) is 13.0 Å². The molecule has 0 saturated carbocycles. The Labute approximate surface area is 188 Å². The van der Waals surface area contributed by atoms with E-state index < -0.39 is 18.0 Å². The Morgan fingerprint density at radius 2 is 1.52 bits per heavy atom. The Bertz CT molecular complexity index is 1470. The van der Waals surface area contributed by atoms with Gasteiger partial charge in [0.25, 0.3) is 5.91 Å². The lowest BCUT2D eigenvalue weighted by molar-refractivity contribution is -0.123. The molecule has 0 fully saturated rings. The quantitative estimate of drug-likeness (QED) is 0.411. The number of benzene rings is 3. The van der Waals surface area contributed by atoms with Crippen molar-refractivity contribution in [3.8, 4) is 0 Å². The number of hydrogen-bond acceptors (Lipinski definition) is 5. The van der Waals surface area contributed by atoms with Gasteiger partial charge in [-0.3, -0.25) is 14.4 Å². The van der Waals surface area contributed by atoms with Gasteiger partial charge in [0.05, 0.1) is 16.8 Å². The van der Waals surface area contributed by atoms with E-state index in [0.29, 0.717) is 16.5 Å². The highest BCUT2D eigenvalue weighted by Crippen LogP contribution is 2.32. The van der Waals surface area contributed by atoms with Crippen LogP contribution in [0.3, 0.4) is 0 Å². The largest absolute Gasteiger partial charge is 0.449 e. The molecule has 0 aliphatic heterocycles. The molecule has 1 heterocycles. The van der Waals surface area contributed by atoms with Crippen LogP contribution in [0.4, 0.5) is 5.69 Å². The van der Waals surface area contributed by atoms with Crippen LogP contribution in [0.25, 0.3) is 10.9 Å². The van der Waals surface area contributed by atoms with Crippen molar-refractivity contribution in [1.29, 1.82) is 0 Å². The zero-order valence-corrected chi connectivity index (χ0v) is 17.5. The summed E-state index contributed by atoms with van der Waals surface area (Å²) in [5.74, 6) is -1.89. The number of ether oxygens (including phenoxy) is 1. The van der Waals surface area contributed by atoms with Crippen LogP contribution >= 0.6 is 0 Å². The van der Waals surface area contributed by atoms with Gasteiger partial charge in [0.15, 0.2) is 17.7 Å². The Morgan fingerprint density at radius 3 is 2.30 bits per heavy atom. The molecule has 7 nitrogen and oxygen atoms in total. The van der Waals surface area contributed by atoms with Crippen LogP contribution in [-0.2, 0) is 9.53 Å². The van der Waals surface area contributed by atoms with Crippen LogP contribution in [0.2, 0.25) is 0 Å². The van der Waals surface area contributed by atoms with Crippen LogP contribution in [0.1, 0.15) is 49.1 Å². The lowest BCUT2D eigenvalue weighted by atomic mass is 9.83. The number of nitrogens with one attached hydrogen (secondary N) is 2. The van der Waals surface area contributed by atoms with E-state index in [-0.39, 0.29) is 33.9 Å². The van der Waals surface area contributed by atoms with Gasteiger partial charge in [-0.1, -0.05) is 54.6 Å². The van der Waals surface area contributed by atoms with Gasteiger partial charge in [0.1, 0.15) is 0 Å². The van der Waals surface area contributed by atoms with Gasteiger partial charge >= 0.3 is 5.97 Å². The summed E-state index contributed by atoms with van der Waals surface area (Å²) in [5.41, 5.74) is 2.26.